The van der Waals surface area contributed by atoms with Crippen LogP contribution in [0.2, 0.25) is 0 Å². The Morgan fingerprint density at radius 1 is 1.47 bits per heavy atom. The molecule has 2 rings (SSSR count). The Morgan fingerprint density at radius 2 is 2.11 bits per heavy atom. The summed E-state index contributed by atoms with van der Waals surface area (Å²) in [7, 11) is 0. The first-order valence-corrected chi connectivity index (χ1v) is 7.19. The van der Waals surface area contributed by atoms with Crippen LogP contribution in [-0.4, -0.2) is 42.2 Å². The first-order valence-electron chi connectivity index (χ1n) is 6.40. The molecule has 0 saturated carbocycles. The predicted molar refractivity (Wildman–Crippen MR) is 76.4 cm³/mol. The lowest BCUT2D eigenvalue weighted by Crippen LogP contribution is -2.52. The minimum absolute atomic E-state index is 0.247. The fourth-order valence-corrected chi connectivity index (χ4v) is 2.40. The average Bonchev–Trinajstić information content (AvgIpc) is 2.33. The second-order valence-electron chi connectivity index (χ2n) is 4.95. The van der Waals surface area contributed by atoms with E-state index in [-0.39, 0.29) is 11.8 Å². The van der Waals surface area contributed by atoms with E-state index in [2.05, 4.69) is 20.8 Å². The molecule has 1 aliphatic heterocycles. The van der Waals surface area contributed by atoms with Gasteiger partial charge in [-0.3, -0.25) is 9.69 Å². The van der Waals surface area contributed by atoms with Crippen LogP contribution in [0, 0.1) is 11.8 Å². The average molecular weight is 328 g/mol. The molecule has 1 atom stereocenters. The molecule has 4 nitrogen and oxygen atoms in total. The van der Waals surface area contributed by atoms with Crippen molar-refractivity contribution in [2.75, 3.05) is 26.2 Å². The van der Waals surface area contributed by atoms with E-state index in [0.29, 0.717) is 6.61 Å². The summed E-state index contributed by atoms with van der Waals surface area (Å²) in [5, 5.41) is 8.90. The van der Waals surface area contributed by atoms with Crippen molar-refractivity contribution in [3.63, 3.8) is 0 Å². The Morgan fingerprint density at radius 3 is 2.68 bits per heavy atom. The number of rotatable bonds is 6. The number of hydrogen-bond donors (Lipinski definition) is 1. The summed E-state index contributed by atoms with van der Waals surface area (Å²) >= 11 is 3.38. The van der Waals surface area contributed by atoms with Crippen molar-refractivity contribution in [1.29, 1.82) is 0 Å². The van der Waals surface area contributed by atoms with Crippen molar-refractivity contribution >= 4 is 21.9 Å². The lowest BCUT2D eigenvalue weighted by atomic mass is 9.87. The Balaban J connectivity index is 1.63. The maximum atomic E-state index is 10.8. The van der Waals surface area contributed by atoms with E-state index in [1.807, 2.05) is 24.3 Å². The number of aliphatic carboxylic acids is 1. The molecule has 0 aliphatic carbocycles. The molecule has 5 heteroatoms. The van der Waals surface area contributed by atoms with E-state index in [9.17, 15) is 4.79 Å². The number of likely N-dealkylation sites (tertiary alicyclic amines) is 1. The van der Waals surface area contributed by atoms with Crippen LogP contribution in [0.3, 0.4) is 0 Å². The van der Waals surface area contributed by atoms with Gasteiger partial charge < -0.3 is 9.84 Å². The van der Waals surface area contributed by atoms with Gasteiger partial charge in [0.1, 0.15) is 12.4 Å². The van der Waals surface area contributed by atoms with Crippen LogP contribution >= 0.6 is 15.9 Å². The third-order valence-electron chi connectivity index (χ3n) is 3.57. The van der Waals surface area contributed by atoms with Gasteiger partial charge >= 0.3 is 5.97 Å². The molecule has 1 aromatic rings. The zero-order valence-corrected chi connectivity index (χ0v) is 12.5. The minimum atomic E-state index is -0.698. The van der Waals surface area contributed by atoms with Crippen LogP contribution in [0.5, 0.6) is 5.75 Å². The first kappa shape index (κ1) is 14.3. The van der Waals surface area contributed by atoms with Gasteiger partial charge in [0.15, 0.2) is 0 Å². The molecular weight excluding hydrogens is 310 g/mol. The highest BCUT2D eigenvalue weighted by molar-refractivity contribution is 9.10. The van der Waals surface area contributed by atoms with Gasteiger partial charge in [-0.1, -0.05) is 22.9 Å². The first-order chi connectivity index (χ1) is 9.06. The summed E-state index contributed by atoms with van der Waals surface area (Å²) in [6, 6.07) is 7.75. The molecule has 1 aliphatic rings. The van der Waals surface area contributed by atoms with E-state index >= 15 is 0 Å². The van der Waals surface area contributed by atoms with Crippen molar-refractivity contribution < 1.29 is 14.6 Å². The largest absolute Gasteiger partial charge is 0.492 e. The molecule has 0 amide bonds. The van der Waals surface area contributed by atoms with Crippen LogP contribution in [-0.2, 0) is 4.79 Å². The number of halogens is 1. The molecule has 0 bridgehead atoms. The molecule has 1 heterocycles. The Hall–Kier alpha value is -1.07. The Bertz CT molecular complexity index is 429. The third-order valence-corrected chi connectivity index (χ3v) is 4.10. The predicted octanol–water partition coefficient (Wildman–Crippen LogP) is 2.48. The summed E-state index contributed by atoms with van der Waals surface area (Å²) in [5.74, 6) is 0.198. The standard InChI is InChI=1S/C14H18BrNO3/c1-10(14(17)18)11-8-16(9-11)6-7-19-13-4-2-12(15)3-5-13/h2-5,10-11H,6-9H2,1H3,(H,17,18). The second-order valence-corrected chi connectivity index (χ2v) is 5.86. The highest BCUT2D eigenvalue weighted by Gasteiger charge is 2.34. The van der Waals surface area contributed by atoms with Gasteiger partial charge in [-0.2, -0.15) is 0 Å². The summed E-state index contributed by atoms with van der Waals surface area (Å²) in [6.07, 6.45) is 0. The summed E-state index contributed by atoms with van der Waals surface area (Å²) in [5.41, 5.74) is 0. The van der Waals surface area contributed by atoms with Crippen LogP contribution in [0.4, 0.5) is 0 Å². The maximum absolute atomic E-state index is 10.8. The van der Waals surface area contributed by atoms with E-state index in [0.717, 1.165) is 29.9 Å². The van der Waals surface area contributed by atoms with Gasteiger partial charge in [0, 0.05) is 24.1 Å². The molecule has 0 radical (unpaired) electrons. The number of benzene rings is 1. The smallest absolute Gasteiger partial charge is 0.306 e. The van der Waals surface area contributed by atoms with Gasteiger partial charge in [-0.25, -0.2) is 0 Å². The molecule has 0 spiro atoms. The fourth-order valence-electron chi connectivity index (χ4n) is 2.13. The number of hydrogen-bond acceptors (Lipinski definition) is 3. The molecular formula is C14H18BrNO3. The highest BCUT2D eigenvalue weighted by Crippen LogP contribution is 2.23. The van der Waals surface area contributed by atoms with Crippen LogP contribution in [0.1, 0.15) is 6.92 Å². The van der Waals surface area contributed by atoms with Crippen molar-refractivity contribution in [2.45, 2.75) is 6.92 Å². The zero-order chi connectivity index (χ0) is 13.8. The van der Waals surface area contributed by atoms with Gasteiger partial charge in [0.05, 0.1) is 5.92 Å². The molecule has 104 valence electrons. The SMILES string of the molecule is CC(C(=O)O)C1CN(CCOc2ccc(Br)cc2)C1. The Kier molecular flexibility index (Phi) is 4.82. The van der Waals surface area contributed by atoms with E-state index < -0.39 is 5.97 Å². The van der Waals surface area contributed by atoms with E-state index in [1.54, 1.807) is 6.92 Å². The van der Waals surface area contributed by atoms with Gasteiger partial charge in [-0.05, 0) is 30.2 Å². The maximum Gasteiger partial charge on any atom is 0.306 e. The molecule has 1 unspecified atom stereocenters. The van der Waals surface area contributed by atoms with Crippen molar-refractivity contribution in [3.8, 4) is 5.75 Å². The third kappa shape index (κ3) is 3.94. The lowest BCUT2D eigenvalue weighted by Gasteiger charge is -2.41. The second kappa shape index (κ2) is 6.39. The summed E-state index contributed by atoms with van der Waals surface area (Å²) in [4.78, 5) is 13.0. The molecule has 1 N–H and O–H groups in total. The lowest BCUT2D eigenvalue weighted by molar-refractivity contribution is -0.145. The number of ether oxygens (including phenoxy) is 1. The van der Waals surface area contributed by atoms with E-state index in [1.165, 1.54) is 0 Å². The summed E-state index contributed by atoms with van der Waals surface area (Å²) < 4.78 is 6.67. The monoisotopic (exact) mass is 327 g/mol. The number of carbonyl (C=O) groups is 1. The summed E-state index contributed by atoms with van der Waals surface area (Å²) in [6.45, 7) is 4.98. The molecule has 19 heavy (non-hydrogen) atoms. The minimum Gasteiger partial charge on any atom is -0.492 e. The van der Waals surface area contributed by atoms with E-state index in [4.69, 9.17) is 9.84 Å². The van der Waals surface area contributed by atoms with Crippen molar-refractivity contribution in [2.24, 2.45) is 11.8 Å². The molecule has 1 saturated heterocycles. The number of nitrogens with zero attached hydrogens (tertiary/aromatic N) is 1. The molecule has 0 aromatic heterocycles. The van der Waals surface area contributed by atoms with Gasteiger partial charge in [0.25, 0.3) is 0 Å². The van der Waals surface area contributed by atoms with Crippen molar-refractivity contribution in [1.82, 2.24) is 4.90 Å². The normalized spacial score (nSPS) is 17.8. The molecule has 1 fully saturated rings. The quantitative estimate of drug-likeness (QED) is 0.872. The molecule has 1 aromatic carbocycles. The van der Waals surface area contributed by atoms with Gasteiger partial charge in [-0.15, -0.1) is 0 Å². The fraction of sp³-hybridized carbons (Fsp3) is 0.500. The van der Waals surface area contributed by atoms with Crippen LogP contribution in [0.25, 0.3) is 0 Å². The van der Waals surface area contributed by atoms with Crippen LogP contribution in [0.15, 0.2) is 28.7 Å². The zero-order valence-electron chi connectivity index (χ0n) is 10.9. The number of carboxylic acids is 1. The van der Waals surface area contributed by atoms with Crippen LogP contribution < -0.4 is 4.74 Å². The highest BCUT2D eigenvalue weighted by atomic mass is 79.9. The Labute approximate surface area is 121 Å². The van der Waals surface area contributed by atoms with Gasteiger partial charge in [0.2, 0.25) is 0 Å². The number of carboxylic acid groups (broad SMARTS) is 1. The topological polar surface area (TPSA) is 49.8 Å². The van der Waals surface area contributed by atoms with Crippen molar-refractivity contribution in [3.05, 3.63) is 28.7 Å².